The Morgan fingerprint density at radius 1 is 1.53 bits per heavy atom. The largest absolute Gasteiger partial charge is 0.351 e. The average molecular weight is 286 g/mol. The molecule has 1 atom stereocenters. The maximum atomic E-state index is 11.8. The number of nitrogen functional groups attached to an aromatic ring is 1. The van der Waals surface area contributed by atoms with Crippen LogP contribution >= 0.6 is 0 Å². The van der Waals surface area contributed by atoms with Gasteiger partial charge in [-0.15, -0.1) is 0 Å². The number of anilines is 1. The number of carbonyl (C=O) groups excluding carboxylic acids is 1. The van der Waals surface area contributed by atoms with Gasteiger partial charge < -0.3 is 10.7 Å². The lowest BCUT2D eigenvalue weighted by Crippen LogP contribution is -2.28. The van der Waals surface area contributed by atoms with Crippen LogP contribution in [-0.4, -0.2) is 33.6 Å². The van der Waals surface area contributed by atoms with E-state index in [9.17, 15) is 19.1 Å². The molecule has 0 spiro atoms. The summed E-state index contributed by atoms with van der Waals surface area (Å²) in [7, 11) is -1.04. The minimum absolute atomic E-state index is 0.0525. The molecule has 1 rings (SSSR count). The van der Waals surface area contributed by atoms with Crippen molar-refractivity contribution < 1.29 is 13.9 Å². The summed E-state index contributed by atoms with van der Waals surface area (Å²) in [5.41, 5.74) is 1.74. The Labute approximate surface area is 111 Å². The highest BCUT2D eigenvalue weighted by molar-refractivity contribution is 7.84. The Bertz CT molecular complexity index is 520. The third-order valence-electron chi connectivity index (χ3n) is 2.29. The molecule has 0 saturated heterocycles. The fraction of sp³-hybridized carbons (Fsp3) is 0.300. The quantitative estimate of drug-likeness (QED) is 0.383. The maximum Gasteiger partial charge on any atom is 0.306 e. The number of benzene rings is 1. The second-order valence-corrected chi connectivity index (χ2v) is 5.19. The number of carbonyl (C=O) groups is 1. The summed E-state index contributed by atoms with van der Waals surface area (Å²) in [5, 5.41) is 13.4. The van der Waals surface area contributed by atoms with Gasteiger partial charge in [-0.2, -0.15) is 0 Å². The molecule has 1 unspecified atom stereocenters. The van der Waals surface area contributed by atoms with Crippen LogP contribution < -0.4 is 16.6 Å². The SMILES string of the molecule is CS(=O)CCNC(=O)c1cccc(NN)c1[N+](=O)[O-]. The number of hydrogen-bond acceptors (Lipinski definition) is 6. The summed E-state index contributed by atoms with van der Waals surface area (Å²) in [6.07, 6.45) is 1.51. The molecule has 0 aliphatic heterocycles. The Morgan fingerprint density at radius 2 is 2.21 bits per heavy atom. The van der Waals surface area contributed by atoms with Crippen LogP contribution in [0.2, 0.25) is 0 Å². The number of nitrogens with two attached hydrogens (primary N) is 1. The molecule has 0 fully saturated rings. The number of hydrazine groups is 1. The molecule has 8 nitrogen and oxygen atoms in total. The van der Waals surface area contributed by atoms with Gasteiger partial charge in [0.15, 0.2) is 0 Å². The number of amides is 1. The molecule has 0 aliphatic rings. The van der Waals surface area contributed by atoms with Crippen LogP contribution in [0, 0.1) is 10.1 Å². The Balaban J connectivity index is 2.96. The number of hydrogen-bond donors (Lipinski definition) is 3. The van der Waals surface area contributed by atoms with Gasteiger partial charge in [0, 0.05) is 29.4 Å². The van der Waals surface area contributed by atoms with E-state index in [-0.39, 0.29) is 29.2 Å². The third-order valence-corrected chi connectivity index (χ3v) is 3.07. The van der Waals surface area contributed by atoms with Crippen LogP contribution in [0.5, 0.6) is 0 Å². The molecule has 0 aliphatic carbocycles. The first-order chi connectivity index (χ1) is 8.97. The zero-order chi connectivity index (χ0) is 14.4. The summed E-state index contributed by atoms with van der Waals surface area (Å²) in [4.78, 5) is 22.1. The van der Waals surface area contributed by atoms with Gasteiger partial charge >= 0.3 is 5.69 Å². The van der Waals surface area contributed by atoms with Gasteiger partial charge in [-0.05, 0) is 12.1 Å². The third kappa shape index (κ3) is 4.00. The van der Waals surface area contributed by atoms with Crippen molar-refractivity contribution in [3.63, 3.8) is 0 Å². The molecule has 0 aromatic heterocycles. The Kier molecular flexibility index (Phi) is 5.39. The molecule has 1 aromatic carbocycles. The number of nitro groups is 1. The van der Waals surface area contributed by atoms with Crippen molar-refractivity contribution in [1.29, 1.82) is 0 Å². The number of para-hydroxylation sites is 1. The fourth-order valence-corrected chi connectivity index (χ4v) is 1.83. The van der Waals surface area contributed by atoms with Gasteiger partial charge in [-0.25, -0.2) is 0 Å². The molecule has 104 valence electrons. The van der Waals surface area contributed by atoms with Crippen molar-refractivity contribution >= 4 is 28.1 Å². The molecule has 0 bridgehead atoms. The zero-order valence-electron chi connectivity index (χ0n) is 10.2. The lowest BCUT2D eigenvalue weighted by Gasteiger charge is -2.07. The van der Waals surface area contributed by atoms with Crippen LogP contribution in [0.3, 0.4) is 0 Å². The van der Waals surface area contributed by atoms with E-state index >= 15 is 0 Å². The summed E-state index contributed by atoms with van der Waals surface area (Å²) in [6.45, 7) is 0.180. The molecule has 0 saturated carbocycles. The summed E-state index contributed by atoms with van der Waals surface area (Å²) in [5.74, 6) is 4.85. The molecule has 9 heteroatoms. The van der Waals surface area contributed by atoms with Crippen LogP contribution in [0.1, 0.15) is 10.4 Å². The Morgan fingerprint density at radius 3 is 2.74 bits per heavy atom. The van der Waals surface area contributed by atoms with E-state index in [1.165, 1.54) is 24.5 Å². The van der Waals surface area contributed by atoms with Gasteiger partial charge in [-0.1, -0.05) is 6.07 Å². The minimum atomic E-state index is -1.04. The average Bonchev–Trinajstić information content (AvgIpc) is 2.36. The highest BCUT2D eigenvalue weighted by Gasteiger charge is 2.23. The van der Waals surface area contributed by atoms with Gasteiger partial charge in [-0.3, -0.25) is 25.0 Å². The van der Waals surface area contributed by atoms with Crippen molar-refractivity contribution in [2.45, 2.75) is 0 Å². The lowest BCUT2D eigenvalue weighted by molar-refractivity contribution is -0.384. The number of nitrogens with one attached hydrogen (secondary N) is 2. The number of rotatable bonds is 6. The molecule has 19 heavy (non-hydrogen) atoms. The van der Waals surface area contributed by atoms with Gasteiger partial charge in [0.1, 0.15) is 11.3 Å². The van der Waals surface area contributed by atoms with Crippen molar-refractivity contribution in [1.82, 2.24) is 5.32 Å². The van der Waals surface area contributed by atoms with E-state index in [2.05, 4.69) is 10.7 Å². The van der Waals surface area contributed by atoms with E-state index in [1.54, 1.807) is 0 Å². The molecule has 1 amide bonds. The number of nitro benzene ring substituents is 1. The smallest absolute Gasteiger partial charge is 0.306 e. The predicted octanol–water partition coefficient (Wildman–Crippen LogP) is -0.0113. The first-order valence-electron chi connectivity index (χ1n) is 5.29. The highest BCUT2D eigenvalue weighted by atomic mass is 32.2. The van der Waals surface area contributed by atoms with Gasteiger partial charge in [0.2, 0.25) is 0 Å². The van der Waals surface area contributed by atoms with Crippen molar-refractivity contribution in [3.05, 3.63) is 33.9 Å². The summed E-state index contributed by atoms with van der Waals surface area (Å²) >= 11 is 0. The van der Waals surface area contributed by atoms with Gasteiger partial charge in [0.25, 0.3) is 5.91 Å². The van der Waals surface area contributed by atoms with Crippen molar-refractivity contribution in [3.8, 4) is 0 Å². The van der Waals surface area contributed by atoms with Gasteiger partial charge in [0.05, 0.1) is 4.92 Å². The van der Waals surface area contributed by atoms with Crippen LogP contribution in [-0.2, 0) is 10.8 Å². The monoisotopic (exact) mass is 286 g/mol. The van der Waals surface area contributed by atoms with Crippen LogP contribution in [0.15, 0.2) is 18.2 Å². The minimum Gasteiger partial charge on any atom is -0.351 e. The molecule has 4 N–H and O–H groups in total. The van der Waals surface area contributed by atoms with Crippen LogP contribution in [0.25, 0.3) is 0 Å². The van der Waals surface area contributed by atoms with E-state index in [0.717, 1.165) is 0 Å². The maximum absolute atomic E-state index is 11.8. The summed E-state index contributed by atoms with van der Waals surface area (Å²) < 4.78 is 10.9. The fourth-order valence-electron chi connectivity index (χ4n) is 1.44. The molecular formula is C10H14N4O4S. The van der Waals surface area contributed by atoms with E-state index in [4.69, 9.17) is 5.84 Å². The zero-order valence-corrected chi connectivity index (χ0v) is 11.0. The van der Waals surface area contributed by atoms with E-state index < -0.39 is 21.6 Å². The Hall–Kier alpha value is -2.00. The standard InChI is InChI=1S/C10H14N4O4S/c1-19(18)6-5-12-10(15)7-3-2-4-8(13-11)9(7)14(16)17/h2-4,13H,5-6,11H2,1H3,(H,12,15). The number of nitrogens with zero attached hydrogens (tertiary/aromatic N) is 1. The molecular weight excluding hydrogens is 272 g/mol. The topological polar surface area (TPSA) is 127 Å². The lowest BCUT2D eigenvalue weighted by atomic mass is 10.1. The molecule has 0 heterocycles. The van der Waals surface area contributed by atoms with E-state index in [1.807, 2.05) is 0 Å². The predicted molar refractivity (Wildman–Crippen MR) is 72.2 cm³/mol. The molecule has 0 radical (unpaired) electrons. The van der Waals surface area contributed by atoms with Crippen LogP contribution in [0.4, 0.5) is 11.4 Å². The second kappa shape index (κ2) is 6.81. The molecule has 1 aromatic rings. The van der Waals surface area contributed by atoms with E-state index in [0.29, 0.717) is 0 Å². The van der Waals surface area contributed by atoms with Crippen molar-refractivity contribution in [2.24, 2.45) is 5.84 Å². The second-order valence-electron chi connectivity index (χ2n) is 3.64. The first kappa shape index (κ1) is 15.1. The normalized spacial score (nSPS) is 11.7. The first-order valence-corrected chi connectivity index (χ1v) is 7.02. The highest BCUT2D eigenvalue weighted by Crippen LogP contribution is 2.27. The summed E-state index contributed by atoms with van der Waals surface area (Å²) in [6, 6.07) is 4.21. The van der Waals surface area contributed by atoms with Crippen molar-refractivity contribution in [2.75, 3.05) is 24.0 Å².